The Balaban J connectivity index is 0.00000103. The van der Waals surface area contributed by atoms with E-state index in [1.54, 1.807) is 0 Å². The first-order valence-electron chi connectivity index (χ1n) is 9.18. The van der Waals surface area contributed by atoms with E-state index in [-0.39, 0.29) is 48.2 Å². The molecule has 3 N–H and O–H groups in total. The Morgan fingerprint density at radius 2 is 1.53 bits per heavy atom. The van der Waals surface area contributed by atoms with Crippen LogP contribution in [-0.2, 0) is 24.0 Å². The molecule has 1 heterocycles. The standard InChI is InChI=1S/C17H26N2O4.C2HF3O2/c1-17(2,3)11-14(21)13(18)7-6-12(20)5-4-10-19-15(22)8-9-16(19)23;3-2(4,5)1(6)7/h8-9,13H,4-7,10-11,18H2,1-3H3;(H,6,7)/t13-;/m0./s1. The van der Waals surface area contributed by atoms with Gasteiger partial charge in [0.1, 0.15) is 11.6 Å². The van der Waals surface area contributed by atoms with Crippen molar-refractivity contribution < 1.29 is 42.3 Å². The lowest BCUT2D eigenvalue weighted by molar-refractivity contribution is -0.192. The molecule has 0 aromatic heterocycles. The maximum Gasteiger partial charge on any atom is 0.490 e. The summed E-state index contributed by atoms with van der Waals surface area (Å²) in [5.41, 5.74) is 5.72. The zero-order valence-corrected chi connectivity index (χ0v) is 17.1. The van der Waals surface area contributed by atoms with Crippen LogP contribution in [0.4, 0.5) is 13.2 Å². The zero-order chi connectivity index (χ0) is 23.7. The molecule has 0 bridgehead atoms. The number of aliphatic carboxylic acids is 1. The highest BCUT2D eigenvalue weighted by Gasteiger charge is 2.38. The number of rotatable bonds is 9. The van der Waals surface area contributed by atoms with Crippen molar-refractivity contribution in [1.82, 2.24) is 4.90 Å². The van der Waals surface area contributed by atoms with Crippen molar-refractivity contribution in [1.29, 1.82) is 0 Å². The third kappa shape index (κ3) is 11.4. The van der Waals surface area contributed by atoms with Crippen LogP contribution in [0.1, 0.15) is 52.9 Å². The van der Waals surface area contributed by atoms with Crippen molar-refractivity contribution in [2.24, 2.45) is 11.1 Å². The Morgan fingerprint density at radius 1 is 1.07 bits per heavy atom. The second-order valence-electron chi connectivity index (χ2n) is 7.96. The number of halogens is 3. The van der Waals surface area contributed by atoms with Gasteiger partial charge in [-0.3, -0.25) is 24.1 Å². The summed E-state index contributed by atoms with van der Waals surface area (Å²) in [5, 5.41) is 7.12. The SMILES string of the molecule is CC(C)(C)CC(=O)[C@@H](N)CCC(=O)CCCN1C(=O)C=CC1=O.O=C(O)C(F)(F)F. The van der Waals surface area contributed by atoms with Gasteiger partial charge in [-0.2, -0.15) is 13.2 Å². The number of carbonyl (C=O) groups is 5. The molecule has 0 aliphatic carbocycles. The van der Waals surface area contributed by atoms with Gasteiger partial charge in [0.05, 0.1) is 6.04 Å². The molecule has 1 aliphatic rings. The van der Waals surface area contributed by atoms with E-state index in [0.29, 0.717) is 19.3 Å². The first-order valence-corrected chi connectivity index (χ1v) is 9.18. The Labute approximate surface area is 172 Å². The summed E-state index contributed by atoms with van der Waals surface area (Å²) in [6.45, 7) is 6.15. The Morgan fingerprint density at radius 3 is 1.93 bits per heavy atom. The fourth-order valence-corrected chi connectivity index (χ4v) is 2.34. The molecule has 0 fully saturated rings. The van der Waals surface area contributed by atoms with E-state index < -0.39 is 18.2 Å². The fraction of sp³-hybridized carbons (Fsp3) is 0.632. The number of ketones is 2. The number of carboxylic acids is 1. The van der Waals surface area contributed by atoms with Crippen molar-refractivity contribution >= 4 is 29.4 Å². The highest BCUT2D eigenvalue weighted by molar-refractivity contribution is 6.12. The van der Waals surface area contributed by atoms with Gasteiger partial charge in [0.2, 0.25) is 0 Å². The molecular formula is C19H27F3N2O6. The van der Waals surface area contributed by atoms with Gasteiger partial charge in [0, 0.05) is 38.0 Å². The minimum atomic E-state index is -5.08. The first kappa shape index (κ1) is 27.4. The summed E-state index contributed by atoms with van der Waals surface area (Å²) in [6.07, 6.45) is -0.933. The molecule has 11 heteroatoms. The molecular weight excluding hydrogens is 409 g/mol. The minimum Gasteiger partial charge on any atom is -0.475 e. The number of Topliss-reactive ketones (excluding diaryl/α,β-unsaturated/α-hetero) is 2. The molecule has 0 aromatic carbocycles. The largest absolute Gasteiger partial charge is 0.490 e. The van der Waals surface area contributed by atoms with E-state index in [9.17, 15) is 32.3 Å². The average Bonchev–Trinajstić information content (AvgIpc) is 2.89. The van der Waals surface area contributed by atoms with Crippen molar-refractivity contribution in [3.05, 3.63) is 12.2 Å². The fourth-order valence-electron chi connectivity index (χ4n) is 2.34. The maximum atomic E-state index is 11.9. The maximum absolute atomic E-state index is 11.9. The van der Waals surface area contributed by atoms with Crippen LogP contribution < -0.4 is 5.73 Å². The number of carboxylic acid groups (broad SMARTS) is 1. The predicted octanol–water partition coefficient (Wildman–Crippen LogP) is 2.01. The van der Waals surface area contributed by atoms with Gasteiger partial charge in [0.15, 0.2) is 0 Å². The third-order valence-electron chi connectivity index (χ3n) is 3.83. The number of alkyl halides is 3. The normalized spacial score (nSPS) is 15.0. The smallest absolute Gasteiger partial charge is 0.475 e. The summed E-state index contributed by atoms with van der Waals surface area (Å²) < 4.78 is 31.7. The number of nitrogens with two attached hydrogens (primary N) is 1. The number of amides is 2. The summed E-state index contributed by atoms with van der Waals surface area (Å²) in [4.78, 5) is 56.4. The van der Waals surface area contributed by atoms with Gasteiger partial charge in [-0.15, -0.1) is 0 Å². The summed E-state index contributed by atoms with van der Waals surface area (Å²) >= 11 is 0. The lowest BCUT2D eigenvalue weighted by Gasteiger charge is -2.19. The van der Waals surface area contributed by atoms with Gasteiger partial charge < -0.3 is 10.8 Å². The molecule has 8 nitrogen and oxygen atoms in total. The van der Waals surface area contributed by atoms with E-state index in [1.807, 2.05) is 20.8 Å². The molecule has 30 heavy (non-hydrogen) atoms. The third-order valence-corrected chi connectivity index (χ3v) is 3.83. The van der Waals surface area contributed by atoms with Crippen molar-refractivity contribution in [2.75, 3.05) is 6.54 Å². The topological polar surface area (TPSA) is 135 Å². The van der Waals surface area contributed by atoms with Crippen LogP contribution >= 0.6 is 0 Å². The van der Waals surface area contributed by atoms with Gasteiger partial charge in [-0.05, 0) is 18.3 Å². The average molecular weight is 436 g/mol. The van der Waals surface area contributed by atoms with Crippen LogP contribution in [0.15, 0.2) is 12.2 Å². The van der Waals surface area contributed by atoms with Crippen molar-refractivity contribution in [3.8, 4) is 0 Å². The predicted molar refractivity (Wildman–Crippen MR) is 100 cm³/mol. The second-order valence-corrected chi connectivity index (χ2v) is 7.96. The lowest BCUT2D eigenvalue weighted by atomic mass is 9.87. The molecule has 0 spiro atoms. The monoisotopic (exact) mass is 436 g/mol. The molecule has 0 saturated heterocycles. The van der Waals surface area contributed by atoms with Crippen LogP contribution in [0, 0.1) is 5.41 Å². The number of imide groups is 1. The van der Waals surface area contributed by atoms with Gasteiger partial charge >= 0.3 is 12.1 Å². The molecule has 0 unspecified atom stereocenters. The molecule has 170 valence electrons. The first-order chi connectivity index (χ1) is 13.5. The summed E-state index contributed by atoms with van der Waals surface area (Å²) in [7, 11) is 0. The number of hydrogen-bond donors (Lipinski definition) is 2. The second kappa shape index (κ2) is 11.6. The number of hydrogen-bond acceptors (Lipinski definition) is 6. The molecule has 0 radical (unpaired) electrons. The molecule has 0 saturated carbocycles. The van der Waals surface area contributed by atoms with Crippen LogP contribution in [0.2, 0.25) is 0 Å². The number of nitrogens with zero attached hydrogens (tertiary/aromatic N) is 1. The highest BCUT2D eigenvalue weighted by atomic mass is 19.4. The van der Waals surface area contributed by atoms with Gasteiger partial charge in [0.25, 0.3) is 11.8 Å². The molecule has 1 aliphatic heterocycles. The molecule has 2 amide bonds. The van der Waals surface area contributed by atoms with E-state index in [1.165, 1.54) is 12.2 Å². The lowest BCUT2D eigenvalue weighted by Crippen LogP contribution is -2.33. The van der Waals surface area contributed by atoms with Crippen LogP contribution in [-0.4, -0.2) is 58.1 Å². The molecule has 1 atom stereocenters. The summed E-state index contributed by atoms with van der Waals surface area (Å²) in [5.74, 6) is -3.46. The minimum absolute atomic E-state index is 0.00365. The Bertz CT molecular complexity index is 677. The highest BCUT2D eigenvalue weighted by Crippen LogP contribution is 2.20. The quantitative estimate of drug-likeness (QED) is 0.528. The van der Waals surface area contributed by atoms with Gasteiger partial charge in [-0.1, -0.05) is 20.8 Å². The van der Waals surface area contributed by atoms with Crippen LogP contribution in [0.3, 0.4) is 0 Å². The van der Waals surface area contributed by atoms with E-state index in [2.05, 4.69) is 0 Å². The van der Waals surface area contributed by atoms with E-state index in [4.69, 9.17) is 15.6 Å². The van der Waals surface area contributed by atoms with Crippen molar-refractivity contribution in [3.63, 3.8) is 0 Å². The van der Waals surface area contributed by atoms with Crippen molar-refractivity contribution in [2.45, 2.75) is 65.1 Å². The van der Waals surface area contributed by atoms with Gasteiger partial charge in [-0.25, -0.2) is 4.79 Å². The zero-order valence-electron chi connectivity index (χ0n) is 17.1. The molecule has 0 aromatic rings. The van der Waals surface area contributed by atoms with E-state index in [0.717, 1.165) is 4.90 Å². The van der Waals surface area contributed by atoms with E-state index >= 15 is 0 Å². The molecule has 1 rings (SSSR count). The Kier molecular flexibility index (Phi) is 10.6. The number of carbonyl (C=O) groups excluding carboxylic acids is 4. The van der Waals surface area contributed by atoms with Crippen LogP contribution in [0.25, 0.3) is 0 Å². The van der Waals surface area contributed by atoms with Crippen LogP contribution in [0.5, 0.6) is 0 Å². The Hall–Kier alpha value is -2.56. The summed E-state index contributed by atoms with van der Waals surface area (Å²) in [6, 6.07) is -0.607.